The lowest BCUT2D eigenvalue weighted by atomic mass is 10.00. The van der Waals surface area contributed by atoms with Crippen LogP contribution in [0.15, 0.2) is 22.7 Å². The van der Waals surface area contributed by atoms with Crippen molar-refractivity contribution in [1.82, 2.24) is 4.90 Å². The molecule has 0 amide bonds. The Morgan fingerprint density at radius 2 is 2.20 bits per heavy atom. The van der Waals surface area contributed by atoms with E-state index < -0.39 is 0 Å². The summed E-state index contributed by atoms with van der Waals surface area (Å²) >= 11 is 3.66. The third-order valence-electron chi connectivity index (χ3n) is 3.51. The second-order valence-electron chi connectivity index (χ2n) is 4.81. The van der Waals surface area contributed by atoms with Crippen LogP contribution in [0.25, 0.3) is 0 Å². The maximum atomic E-state index is 3.66. The number of hydrogen-bond acceptors (Lipinski definition) is 1. The molecular formula is C13H16BrN. The molecule has 2 aliphatic rings. The fourth-order valence-electron chi connectivity index (χ4n) is 2.42. The second-order valence-corrected chi connectivity index (χ2v) is 5.66. The monoisotopic (exact) mass is 265 g/mol. The Bertz CT molecular complexity index is 371. The van der Waals surface area contributed by atoms with Crippen LogP contribution in [-0.4, -0.2) is 18.0 Å². The van der Waals surface area contributed by atoms with Gasteiger partial charge in [0.1, 0.15) is 0 Å². The van der Waals surface area contributed by atoms with Crippen LogP contribution in [0.5, 0.6) is 0 Å². The summed E-state index contributed by atoms with van der Waals surface area (Å²) < 4.78 is 1.29. The van der Waals surface area contributed by atoms with Crippen molar-refractivity contribution in [2.24, 2.45) is 5.92 Å². The maximum Gasteiger partial charge on any atom is 0.0247 e. The number of rotatable bonds is 2. The molecule has 0 bridgehead atoms. The molecule has 1 saturated carbocycles. The minimum absolute atomic E-state index is 1.01. The Labute approximate surface area is 99.6 Å². The van der Waals surface area contributed by atoms with Crippen molar-refractivity contribution < 1.29 is 0 Å². The van der Waals surface area contributed by atoms with E-state index >= 15 is 0 Å². The van der Waals surface area contributed by atoms with Gasteiger partial charge in [0.25, 0.3) is 0 Å². The summed E-state index contributed by atoms with van der Waals surface area (Å²) in [6.45, 7) is 3.72. The standard InChI is InChI=1S/C13H16BrN/c14-13-3-1-2-11-6-7-15(9-12(11)13)8-10-4-5-10/h1-3,10H,4-9H2. The summed E-state index contributed by atoms with van der Waals surface area (Å²) in [5.41, 5.74) is 3.06. The van der Waals surface area contributed by atoms with E-state index in [1.54, 1.807) is 0 Å². The summed E-state index contributed by atoms with van der Waals surface area (Å²) in [5, 5.41) is 0. The molecule has 1 fully saturated rings. The molecule has 0 N–H and O–H groups in total. The van der Waals surface area contributed by atoms with Gasteiger partial charge in [-0.05, 0) is 42.4 Å². The van der Waals surface area contributed by atoms with E-state index in [1.807, 2.05) is 0 Å². The third-order valence-corrected chi connectivity index (χ3v) is 4.25. The van der Waals surface area contributed by atoms with Crippen molar-refractivity contribution in [3.63, 3.8) is 0 Å². The van der Waals surface area contributed by atoms with E-state index in [-0.39, 0.29) is 0 Å². The van der Waals surface area contributed by atoms with Gasteiger partial charge in [0.05, 0.1) is 0 Å². The van der Waals surface area contributed by atoms with Crippen LogP contribution >= 0.6 is 15.9 Å². The molecule has 80 valence electrons. The van der Waals surface area contributed by atoms with E-state index in [0.717, 1.165) is 12.5 Å². The molecule has 0 unspecified atom stereocenters. The molecule has 1 nitrogen and oxygen atoms in total. The average Bonchev–Trinajstić information content (AvgIpc) is 3.03. The lowest BCUT2D eigenvalue weighted by Crippen LogP contribution is -2.32. The van der Waals surface area contributed by atoms with Crippen LogP contribution in [0.1, 0.15) is 24.0 Å². The van der Waals surface area contributed by atoms with Crippen molar-refractivity contribution in [1.29, 1.82) is 0 Å². The van der Waals surface area contributed by atoms with E-state index in [0.29, 0.717) is 0 Å². The highest BCUT2D eigenvalue weighted by Gasteiger charge is 2.26. The number of hydrogen-bond donors (Lipinski definition) is 0. The molecule has 2 heteroatoms. The van der Waals surface area contributed by atoms with Crippen molar-refractivity contribution in [2.45, 2.75) is 25.8 Å². The van der Waals surface area contributed by atoms with Gasteiger partial charge in [0, 0.05) is 24.1 Å². The number of halogens is 1. The highest BCUT2D eigenvalue weighted by atomic mass is 79.9. The van der Waals surface area contributed by atoms with Gasteiger partial charge < -0.3 is 0 Å². The predicted octanol–water partition coefficient (Wildman–Crippen LogP) is 3.22. The third kappa shape index (κ3) is 2.11. The van der Waals surface area contributed by atoms with Crippen molar-refractivity contribution in [3.8, 4) is 0 Å². The van der Waals surface area contributed by atoms with Gasteiger partial charge in [0.15, 0.2) is 0 Å². The minimum Gasteiger partial charge on any atom is -0.298 e. The van der Waals surface area contributed by atoms with Crippen molar-refractivity contribution >= 4 is 15.9 Å². The Kier molecular flexibility index (Phi) is 2.57. The van der Waals surface area contributed by atoms with Crippen LogP contribution in [0, 0.1) is 5.92 Å². The molecule has 0 spiro atoms. The van der Waals surface area contributed by atoms with Gasteiger partial charge in [-0.1, -0.05) is 28.1 Å². The molecule has 0 aromatic heterocycles. The molecule has 0 saturated heterocycles. The first-order chi connectivity index (χ1) is 7.33. The zero-order valence-electron chi connectivity index (χ0n) is 8.88. The summed E-state index contributed by atoms with van der Waals surface area (Å²) in [5.74, 6) is 1.01. The summed E-state index contributed by atoms with van der Waals surface area (Å²) in [6.07, 6.45) is 4.14. The van der Waals surface area contributed by atoms with Gasteiger partial charge in [-0.3, -0.25) is 4.90 Å². The van der Waals surface area contributed by atoms with Crippen LogP contribution in [-0.2, 0) is 13.0 Å². The molecule has 3 rings (SSSR count). The number of benzene rings is 1. The average molecular weight is 266 g/mol. The molecular weight excluding hydrogens is 250 g/mol. The quantitative estimate of drug-likeness (QED) is 0.794. The lowest BCUT2D eigenvalue weighted by Gasteiger charge is -2.29. The fraction of sp³-hybridized carbons (Fsp3) is 0.538. The van der Waals surface area contributed by atoms with E-state index in [9.17, 15) is 0 Å². The minimum atomic E-state index is 1.01. The van der Waals surface area contributed by atoms with Gasteiger partial charge in [-0.2, -0.15) is 0 Å². The molecule has 1 aromatic rings. The largest absolute Gasteiger partial charge is 0.298 e. The Morgan fingerprint density at radius 3 is 3.00 bits per heavy atom. The normalized spacial score (nSPS) is 21.4. The number of nitrogens with zero attached hydrogens (tertiary/aromatic N) is 1. The van der Waals surface area contributed by atoms with Crippen LogP contribution in [0.2, 0.25) is 0 Å². The summed E-state index contributed by atoms with van der Waals surface area (Å²) in [4.78, 5) is 2.62. The molecule has 1 aliphatic heterocycles. The summed E-state index contributed by atoms with van der Waals surface area (Å²) in [7, 11) is 0. The zero-order chi connectivity index (χ0) is 10.3. The van der Waals surface area contributed by atoms with Gasteiger partial charge in [-0.25, -0.2) is 0 Å². The van der Waals surface area contributed by atoms with Gasteiger partial charge in [-0.15, -0.1) is 0 Å². The molecule has 15 heavy (non-hydrogen) atoms. The molecule has 0 atom stereocenters. The van der Waals surface area contributed by atoms with Crippen LogP contribution < -0.4 is 0 Å². The van der Waals surface area contributed by atoms with E-state index in [4.69, 9.17) is 0 Å². The second kappa shape index (κ2) is 3.91. The van der Waals surface area contributed by atoms with Crippen molar-refractivity contribution in [2.75, 3.05) is 13.1 Å². The smallest absolute Gasteiger partial charge is 0.0247 e. The van der Waals surface area contributed by atoms with Crippen molar-refractivity contribution in [3.05, 3.63) is 33.8 Å². The lowest BCUT2D eigenvalue weighted by molar-refractivity contribution is 0.243. The fourth-order valence-corrected chi connectivity index (χ4v) is 2.95. The Morgan fingerprint density at radius 1 is 1.33 bits per heavy atom. The van der Waals surface area contributed by atoms with Gasteiger partial charge in [0.2, 0.25) is 0 Å². The topological polar surface area (TPSA) is 3.24 Å². The molecule has 1 heterocycles. The molecule has 1 aromatic carbocycles. The van der Waals surface area contributed by atoms with Crippen LogP contribution in [0.4, 0.5) is 0 Å². The molecule has 1 aliphatic carbocycles. The first-order valence-electron chi connectivity index (χ1n) is 5.81. The summed E-state index contributed by atoms with van der Waals surface area (Å²) in [6, 6.07) is 6.59. The Balaban J connectivity index is 1.78. The highest BCUT2D eigenvalue weighted by molar-refractivity contribution is 9.10. The molecule has 0 radical (unpaired) electrons. The number of fused-ring (bicyclic) bond motifs is 1. The highest BCUT2D eigenvalue weighted by Crippen LogP contribution is 2.32. The maximum absolute atomic E-state index is 3.66. The first-order valence-corrected chi connectivity index (χ1v) is 6.61. The van der Waals surface area contributed by atoms with E-state index in [1.165, 1.54) is 48.0 Å². The predicted molar refractivity (Wildman–Crippen MR) is 65.8 cm³/mol. The van der Waals surface area contributed by atoms with Crippen LogP contribution in [0.3, 0.4) is 0 Å². The SMILES string of the molecule is Brc1cccc2c1CN(CC1CC1)CC2. The first kappa shape index (κ1) is 9.86. The van der Waals surface area contributed by atoms with E-state index in [2.05, 4.69) is 39.0 Å². The Hall–Kier alpha value is -0.340. The zero-order valence-corrected chi connectivity index (χ0v) is 10.5. The van der Waals surface area contributed by atoms with Gasteiger partial charge >= 0.3 is 0 Å².